The normalized spacial score (nSPS) is 26.6. The molecule has 4 heteroatoms. The topological polar surface area (TPSA) is 52.6 Å². The van der Waals surface area contributed by atoms with Crippen LogP contribution in [0.5, 0.6) is 0 Å². The Balaban J connectivity index is 2.49. The van der Waals surface area contributed by atoms with Crippen molar-refractivity contribution in [3.8, 4) is 0 Å². The Hall–Kier alpha value is -1.58. The van der Waals surface area contributed by atoms with Crippen LogP contribution in [0, 0.1) is 11.8 Å². The Morgan fingerprint density at radius 1 is 0.941 bits per heavy atom. The van der Waals surface area contributed by atoms with E-state index in [0.717, 1.165) is 6.42 Å². The second-order valence-corrected chi connectivity index (χ2v) is 4.52. The molecule has 2 rings (SSSR count). The van der Waals surface area contributed by atoms with Crippen LogP contribution < -0.4 is 0 Å². The molecule has 0 aromatic carbocycles. The van der Waals surface area contributed by atoms with Crippen molar-refractivity contribution < 1.29 is 19.1 Å². The van der Waals surface area contributed by atoms with Crippen molar-refractivity contribution in [2.75, 3.05) is 14.2 Å². The van der Waals surface area contributed by atoms with Gasteiger partial charge < -0.3 is 9.47 Å². The highest BCUT2D eigenvalue weighted by atomic mass is 16.5. The van der Waals surface area contributed by atoms with E-state index in [1.165, 1.54) is 25.4 Å². The quantitative estimate of drug-likeness (QED) is 0.540. The van der Waals surface area contributed by atoms with Gasteiger partial charge in [0.1, 0.15) is 0 Å². The first-order valence-corrected chi connectivity index (χ1v) is 5.60. The highest BCUT2D eigenvalue weighted by Gasteiger charge is 2.47. The lowest BCUT2D eigenvalue weighted by Gasteiger charge is -2.19. The monoisotopic (exact) mass is 236 g/mol. The number of allylic oxidation sites excluding steroid dienone is 2. The molecule has 0 spiro atoms. The van der Waals surface area contributed by atoms with E-state index in [-0.39, 0.29) is 11.8 Å². The fourth-order valence-corrected chi connectivity index (χ4v) is 2.91. The minimum Gasteiger partial charge on any atom is -0.466 e. The highest BCUT2D eigenvalue weighted by molar-refractivity contribution is 6.03. The number of fused-ring (bicyclic) bond motifs is 2. The van der Waals surface area contributed by atoms with Crippen LogP contribution in [-0.2, 0) is 19.1 Å². The van der Waals surface area contributed by atoms with Crippen molar-refractivity contribution in [3.63, 3.8) is 0 Å². The van der Waals surface area contributed by atoms with Gasteiger partial charge in [-0.1, -0.05) is 11.1 Å². The Bertz CT molecular complexity index is 416. The molecule has 0 aliphatic heterocycles. The van der Waals surface area contributed by atoms with Crippen LogP contribution in [0.1, 0.15) is 20.3 Å². The van der Waals surface area contributed by atoms with E-state index in [0.29, 0.717) is 11.1 Å². The second kappa shape index (κ2) is 4.02. The molecule has 4 nitrogen and oxygen atoms in total. The SMILES string of the molecule is COC(=O)C1=C(C(=O)OC)C2CC1C(C)=C2C. The van der Waals surface area contributed by atoms with E-state index < -0.39 is 11.9 Å². The molecule has 0 aromatic rings. The lowest BCUT2D eigenvalue weighted by Crippen LogP contribution is -2.20. The van der Waals surface area contributed by atoms with E-state index in [9.17, 15) is 9.59 Å². The zero-order chi connectivity index (χ0) is 12.7. The Morgan fingerprint density at radius 3 is 1.59 bits per heavy atom. The fraction of sp³-hybridized carbons (Fsp3) is 0.538. The number of methoxy groups -OCH3 is 2. The summed E-state index contributed by atoms with van der Waals surface area (Å²) >= 11 is 0. The first kappa shape index (κ1) is 11.9. The number of esters is 2. The van der Waals surface area contributed by atoms with Crippen molar-refractivity contribution in [3.05, 3.63) is 22.3 Å². The fourth-order valence-electron chi connectivity index (χ4n) is 2.91. The number of ether oxygens (including phenoxy) is 2. The summed E-state index contributed by atoms with van der Waals surface area (Å²) in [6.45, 7) is 4.02. The summed E-state index contributed by atoms with van der Waals surface area (Å²) in [5.41, 5.74) is 3.35. The van der Waals surface area contributed by atoms with E-state index >= 15 is 0 Å². The Morgan fingerprint density at radius 2 is 1.29 bits per heavy atom. The zero-order valence-electron chi connectivity index (χ0n) is 10.5. The molecule has 2 bridgehead atoms. The van der Waals surface area contributed by atoms with Gasteiger partial charge in [-0.05, 0) is 20.3 Å². The molecule has 0 N–H and O–H groups in total. The standard InChI is InChI=1S/C13H16O4/c1-6-7(2)9-5-8(6)10(12(14)16-3)11(9)13(15)17-4/h8-9H,5H2,1-4H3. The third-order valence-corrected chi connectivity index (χ3v) is 3.94. The molecule has 0 saturated carbocycles. The number of hydrogen-bond acceptors (Lipinski definition) is 4. The van der Waals surface area contributed by atoms with Crippen molar-refractivity contribution in [1.29, 1.82) is 0 Å². The van der Waals surface area contributed by atoms with Gasteiger partial charge in [-0.25, -0.2) is 9.59 Å². The zero-order valence-corrected chi connectivity index (χ0v) is 10.5. The van der Waals surface area contributed by atoms with Crippen LogP contribution in [-0.4, -0.2) is 26.2 Å². The third kappa shape index (κ3) is 1.51. The van der Waals surface area contributed by atoms with Gasteiger partial charge in [0.15, 0.2) is 0 Å². The maximum atomic E-state index is 11.8. The molecule has 0 fully saturated rings. The first-order chi connectivity index (χ1) is 8.02. The first-order valence-electron chi connectivity index (χ1n) is 5.60. The number of carbonyl (C=O) groups is 2. The molecule has 0 radical (unpaired) electrons. The van der Waals surface area contributed by atoms with Crippen LogP contribution in [0.15, 0.2) is 22.3 Å². The van der Waals surface area contributed by atoms with Crippen molar-refractivity contribution >= 4 is 11.9 Å². The molecule has 2 unspecified atom stereocenters. The summed E-state index contributed by atoms with van der Waals surface area (Å²) in [4.78, 5) is 23.6. The molecular formula is C13H16O4. The molecular weight excluding hydrogens is 220 g/mol. The van der Waals surface area contributed by atoms with Crippen molar-refractivity contribution in [1.82, 2.24) is 0 Å². The number of rotatable bonds is 2. The van der Waals surface area contributed by atoms with E-state index in [1.807, 2.05) is 13.8 Å². The summed E-state index contributed by atoms with van der Waals surface area (Å²) in [6, 6.07) is 0. The molecule has 17 heavy (non-hydrogen) atoms. The van der Waals surface area contributed by atoms with Gasteiger partial charge >= 0.3 is 11.9 Å². The van der Waals surface area contributed by atoms with Gasteiger partial charge in [-0.15, -0.1) is 0 Å². The van der Waals surface area contributed by atoms with Crippen LogP contribution in [0.2, 0.25) is 0 Å². The molecule has 2 atom stereocenters. The lowest BCUT2D eigenvalue weighted by molar-refractivity contribution is -0.139. The lowest BCUT2D eigenvalue weighted by atomic mass is 9.87. The van der Waals surface area contributed by atoms with Crippen LogP contribution in [0.25, 0.3) is 0 Å². The number of hydrogen-bond donors (Lipinski definition) is 0. The summed E-state index contributed by atoms with van der Waals surface area (Å²) in [6.07, 6.45) is 0.798. The third-order valence-electron chi connectivity index (χ3n) is 3.94. The molecule has 2 aliphatic carbocycles. The predicted octanol–water partition coefficient (Wildman–Crippen LogP) is 1.62. The summed E-state index contributed by atoms with van der Waals surface area (Å²) in [5, 5.41) is 0. The number of carbonyl (C=O) groups excluding carboxylic acids is 2. The minimum atomic E-state index is -0.412. The van der Waals surface area contributed by atoms with Gasteiger partial charge in [0, 0.05) is 11.8 Å². The summed E-state index contributed by atoms with van der Waals surface area (Å²) < 4.78 is 9.54. The summed E-state index contributed by atoms with van der Waals surface area (Å²) in [5.74, 6) is -0.766. The molecule has 0 saturated heterocycles. The molecule has 0 amide bonds. The van der Waals surface area contributed by atoms with E-state index in [1.54, 1.807) is 0 Å². The Kier molecular flexibility index (Phi) is 2.81. The maximum Gasteiger partial charge on any atom is 0.334 e. The highest BCUT2D eigenvalue weighted by Crippen LogP contribution is 2.52. The van der Waals surface area contributed by atoms with Gasteiger partial charge in [0.2, 0.25) is 0 Å². The van der Waals surface area contributed by atoms with Crippen molar-refractivity contribution in [2.24, 2.45) is 11.8 Å². The van der Waals surface area contributed by atoms with Gasteiger partial charge in [0.05, 0.1) is 25.4 Å². The van der Waals surface area contributed by atoms with Crippen LogP contribution in [0.3, 0.4) is 0 Å². The summed E-state index contributed by atoms with van der Waals surface area (Å²) in [7, 11) is 2.67. The molecule has 2 aliphatic rings. The Labute approximate surface area is 100 Å². The average molecular weight is 236 g/mol. The maximum absolute atomic E-state index is 11.8. The van der Waals surface area contributed by atoms with Gasteiger partial charge in [-0.3, -0.25) is 0 Å². The molecule has 92 valence electrons. The van der Waals surface area contributed by atoms with E-state index in [2.05, 4.69) is 0 Å². The largest absolute Gasteiger partial charge is 0.466 e. The average Bonchev–Trinajstić information content (AvgIpc) is 2.85. The van der Waals surface area contributed by atoms with Crippen LogP contribution in [0.4, 0.5) is 0 Å². The van der Waals surface area contributed by atoms with Gasteiger partial charge in [0.25, 0.3) is 0 Å². The predicted molar refractivity (Wildman–Crippen MR) is 61.0 cm³/mol. The molecule has 0 heterocycles. The van der Waals surface area contributed by atoms with Crippen molar-refractivity contribution in [2.45, 2.75) is 20.3 Å². The van der Waals surface area contributed by atoms with Gasteiger partial charge in [-0.2, -0.15) is 0 Å². The molecule has 0 aromatic heterocycles. The van der Waals surface area contributed by atoms with E-state index in [4.69, 9.17) is 9.47 Å². The second-order valence-electron chi connectivity index (χ2n) is 4.52. The van der Waals surface area contributed by atoms with Crippen LogP contribution >= 0.6 is 0 Å². The minimum absolute atomic E-state index is 0.0292. The smallest absolute Gasteiger partial charge is 0.334 e.